The Kier molecular flexibility index (Phi) is 5.29. The molecule has 118 valence electrons. The van der Waals surface area contributed by atoms with Crippen LogP contribution in [0.2, 0.25) is 0 Å². The molecule has 0 saturated heterocycles. The number of nitrogens with zero attached hydrogens (tertiary/aromatic N) is 1. The number of rotatable bonds is 5. The number of halogens is 1. The molecule has 3 heteroatoms. The summed E-state index contributed by atoms with van der Waals surface area (Å²) in [5.74, 6) is 0.221. The second-order valence-corrected chi connectivity index (χ2v) is 6.74. The molecule has 0 atom stereocenters. The maximum Gasteiger partial charge on any atom is 0.227 e. The van der Waals surface area contributed by atoms with Gasteiger partial charge in [0.25, 0.3) is 0 Å². The van der Waals surface area contributed by atoms with E-state index in [0.29, 0.717) is 13.0 Å². The summed E-state index contributed by atoms with van der Waals surface area (Å²) in [6.45, 7) is 0.665. The van der Waals surface area contributed by atoms with Crippen molar-refractivity contribution in [2.24, 2.45) is 0 Å². The minimum atomic E-state index is 0.221. The quantitative estimate of drug-likeness (QED) is 0.718. The van der Waals surface area contributed by atoms with E-state index >= 15 is 0 Å². The highest BCUT2D eigenvalue weighted by atomic mass is 79.9. The maximum atomic E-state index is 12.1. The van der Waals surface area contributed by atoms with E-state index in [4.69, 9.17) is 0 Å². The zero-order valence-corrected chi connectivity index (χ0v) is 14.6. The molecule has 0 N–H and O–H groups in total. The molecule has 0 fully saturated rings. The Hall–Kier alpha value is -1.87. The Morgan fingerprint density at radius 1 is 0.913 bits per heavy atom. The Morgan fingerprint density at radius 3 is 2.43 bits per heavy atom. The summed E-state index contributed by atoms with van der Waals surface area (Å²) < 4.78 is 1.16. The van der Waals surface area contributed by atoms with E-state index < -0.39 is 0 Å². The Morgan fingerprint density at radius 2 is 1.65 bits per heavy atom. The summed E-state index contributed by atoms with van der Waals surface area (Å²) in [5, 5.41) is 0. The minimum Gasteiger partial charge on any atom is -0.315 e. The zero-order chi connectivity index (χ0) is 16.1. The number of carbonyl (C=O) groups excluding carboxylic acids is 1. The van der Waals surface area contributed by atoms with Gasteiger partial charge >= 0.3 is 0 Å². The van der Waals surface area contributed by atoms with Crippen molar-refractivity contribution in [3.05, 3.63) is 82.0 Å². The highest BCUT2D eigenvalue weighted by molar-refractivity contribution is 9.10. The van der Waals surface area contributed by atoms with Gasteiger partial charge in [0.2, 0.25) is 5.91 Å². The molecule has 3 rings (SSSR count). The third-order valence-electron chi connectivity index (χ3n) is 4.19. The average molecular weight is 370 g/mol. The lowest BCUT2D eigenvalue weighted by molar-refractivity contribution is -0.129. The Bertz CT molecular complexity index is 709. The van der Waals surface area contributed by atoms with E-state index in [1.807, 2.05) is 29.2 Å². The molecule has 0 aliphatic carbocycles. The van der Waals surface area contributed by atoms with Crippen molar-refractivity contribution in [2.45, 2.75) is 32.2 Å². The third-order valence-corrected chi connectivity index (χ3v) is 4.96. The third kappa shape index (κ3) is 4.32. The minimum absolute atomic E-state index is 0.221. The zero-order valence-electron chi connectivity index (χ0n) is 13.0. The highest BCUT2D eigenvalue weighted by Gasteiger charge is 2.18. The smallest absolute Gasteiger partial charge is 0.227 e. The molecule has 2 aromatic carbocycles. The van der Waals surface area contributed by atoms with Gasteiger partial charge in [-0.3, -0.25) is 4.79 Å². The molecule has 0 saturated carbocycles. The van der Waals surface area contributed by atoms with Gasteiger partial charge in [0.1, 0.15) is 0 Å². The lowest BCUT2D eigenvalue weighted by atomic mass is 9.99. The van der Waals surface area contributed by atoms with Crippen molar-refractivity contribution >= 4 is 21.8 Å². The molecule has 23 heavy (non-hydrogen) atoms. The first-order chi connectivity index (χ1) is 11.2. The molecular formula is C20H20BrNO. The van der Waals surface area contributed by atoms with Crippen LogP contribution in [0.25, 0.3) is 0 Å². The monoisotopic (exact) mass is 369 g/mol. The van der Waals surface area contributed by atoms with Gasteiger partial charge in [-0.25, -0.2) is 0 Å². The van der Waals surface area contributed by atoms with Crippen LogP contribution in [-0.4, -0.2) is 10.8 Å². The fraction of sp³-hybridized carbons (Fsp3) is 0.250. The predicted octanol–water partition coefficient (Wildman–Crippen LogP) is 5.09. The average Bonchev–Trinajstić information content (AvgIpc) is 2.58. The molecule has 0 bridgehead atoms. The van der Waals surface area contributed by atoms with Gasteiger partial charge in [0.15, 0.2) is 0 Å². The first kappa shape index (κ1) is 16.0. The van der Waals surface area contributed by atoms with E-state index in [9.17, 15) is 4.79 Å². The number of benzene rings is 2. The summed E-state index contributed by atoms with van der Waals surface area (Å²) in [5.41, 5.74) is 3.85. The topological polar surface area (TPSA) is 20.3 Å². The molecule has 0 spiro atoms. The van der Waals surface area contributed by atoms with E-state index in [1.54, 1.807) is 0 Å². The van der Waals surface area contributed by atoms with Crippen LogP contribution >= 0.6 is 15.9 Å². The van der Waals surface area contributed by atoms with E-state index in [1.165, 1.54) is 16.7 Å². The summed E-state index contributed by atoms with van der Waals surface area (Å²) in [6, 6.07) is 18.5. The second-order valence-electron chi connectivity index (χ2n) is 5.89. The molecule has 1 heterocycles. The van der Waals surface area contributed by atoms with Crippen molar-refractivity contribution in [2.75, 3.05) is 0 Å². The van der Waals surface area contributed by atoms with Crippen LogP contribution < -0.4 is 0 Å². The number of amides is 1. The first-order valence-electron chi connectivity index (χ1n) is 7.99. The number of hydrogen-bond acceptors (Lipinski definition) is 1. The molecule has 0 unspecified atom stereocenters. The van der Waals surface area contributed by atoms with E-state index in [0.717, 1.165) is 23.7 Å². The highest BCUT2D eigenvalue weighted by Crippen LogP contribution is 2.24. The molecular weight excluding hydrogens is 350 g/mol. The number of hydrogen-bond donors (Lipinski definition) is 0. The predicted molar refractivity (Wildman–Crippen MR) is 96.8 cm³/mol. The van der Waals surface area contributed by atoms with Gasteiger partial charge in [0, 0.05) is 17.1 Å². The normalized spacial score (nSPS) is 14.7. The molecule has 1 amide bonds. The fourth-order valence-electron chi connectivity index (χ4n) is 2.87. The van der Waals surface area contributed by atoms with Crippen molar-refractivity contribution in [1.82, 2.24) is 4.90 Å². The molecule has 2 aromatic rings. The molecule has 1 aliphatic rings. The lowest BCUT2D eigenvalue weighted by Gasteiger charge is -2.25. The number of carbonyl (C=O) groups is 1. The summed E-state index contributed by atoms with van der Waals surface area (Å²) in [6.07, 6.45) is 5.57. The van der Waals surface area contributed by atoms with Crippen molar-refractivity contribution in [1.29, 1.82) is 0 Å². The number of aryl methyl sites for hydroxylation is 1. The Balaban J connectivity index is 1.66. The van der Waals surface area contributed by atoms with Crippen LogP contribution in [0.3, 0.4) is 0 Å². The summed E-state index contributed by atoms with van der Waals surface area (Å²) >= 11 is 3.60. The van der Waals surface area contributed by atoms with Gasteiger partial charge < -0.3 is 4.90 Å². The van der Waals surface area contributed by atoms with Crippen molar-refractivity contribution < 1.29 is 4.79 Å². The molecule has 1 aliphatic heterocycles. The summed E-state index contributed by atoms with van der Waals surface area (Å²) in [4.78, 5) is 14.0. The van der Waals surface area contributed by atoms with E-state index in [-0.39, 0.29) is 5.91 Å². The Labute approximate surface area is 146 Å². The van der Waals surface area contributed by atoms with E-state index in [2.05, 4.69) is 52.5 Å². The van der Waals surface area contributed by atoms with Crippen molar-refractivity contribution in [3.8, 4) is 0 Å². The molecule has 0 radical (unpaired) electrons. The maximum absolute atomic E-state index is 12.1. The van der Waals surface area contributed by atoms with Gasteiger partial charge in [0.05, 0.1) is 6.54 Å². The summed E-state index contributed by atoms with van der Waals surface area (Å²) in [7, 11) is 0. The van der Waals surface area contributed by atoms with Gasteiger partial charge in [-0.15, -0.1) is 0 Å². The van der Waals surface area contributed by atoms with Gasteiger partial charge in [-0.1, -0.05) is 70.0 Å². The second kappa shape index (κ2) is 7.60. The van der Waals surface area contributed by atoms with Crippen LogP contribution in [0.1, 0.15) is 30.4 Å². The SMILES string of the molecule is O=C1CCC(CCc2ccccc2Br)=CN1Cc1ccccc1. The largest absolute Gasteiger partial charge is 0.315 e. The standard InChI is InChI=1S/C20H20BrNO/c21-19-9-5-4-8-18(19)12-10-17-11-13-20(23)22(15-17)14-16-6-2-1-3-7-16/h1-9,15H,10-14H2. The van der Waals surface area contributed by atoms with Crippen LogP contribution in [0, 0.1) is 0 Å². The number of allylic oxidation sites excluding steroid dienone is 1. The van der Waals surface area contributed by atoms with Crippen LogP contribution in [0.15, 0.2) is 70.8 Å². The van der Waals surface area contributed by atoms with Gasteiger partial charge in [-0.05, 0) is 36.5 Å². The van der Waals surface area contributed by atoms with Crippen LogP contribution in [-0.2, 0) is 17.8 Å². The van der Waals surface area contributed by atoms with Crippen molar-refractivity contribution in [3.63, 3.8) is 0 Å². The molecule has 2 nitrogen and oxygen atoms in total. The lowest BCUT2D eigenvalue weighted by Crippen LogP contribution is -2.28. The fourth-order valence-corrected chi connectivity index (χ4v) is 3.35. The molecule has 0 aromatic heterocycles. The van der Waals surface area contributed by atoms with Crippen LogP contribution in [0.5, 0.6) is 0 Å². The van der Waals surface area contributed by atoms with Crippen LogP contribution in [0.4, 0.5) is 0 Å². The van der Waals surface area contributed by atoms with Gasteiger partial charge in [-0.2, -0.15) is 0 Å². The first-order valence-corrected chi connectivity index (χ1v) is 8.78.